The number of aromatic nitrogens is 2. The van der Waals surface area contributed by atoms with Gasteiger partial charge >= 0.3 is 12.4 Å². The quantitative estimate of drug-likeness (QED) is 0.285. The minimum absolute atomic E-state index is 0.0703. The molecule has 5 rings (SSSR count). The summed E-state index contributed by atoms with van der Waals surface area (Å²) in [5.41, 5.74) is -0.182. The van der Waals surface area contributed by atoms with E-state index in [-0.39, 0.29) is 35.0 Å². The molecule has 2 heterocycles. The van der Waals surface area contributed by atoms with Crippen molar-refractivity contribution in [3.05, 3.63) is 89.0 Å². The van der Waals surface area contributed by atoms with Gasteiger partial charge in [0.05, 0.1) is 22.3 Å². The summed E-state index contributed by atoms with van der Waals surface area (Å²) < 4.78 is 81.9. The van der Waals surface area contributed by atoms with Crippen molar-refractivity contribution < 1.29 is 26.3 Å². The highest BCUT2D eigenvalue weighted by Gasteiger charge is 2.36. The van der Waals surface area contributed by atoms with Crippen molar-refractivity contribution in [3.63, 3.8) is 0 Å². The molecule has 10 heteroatoms. The molecular weight excluding hydrogens is 482 g/mol. The van der Waals surface area contributed by atoms with Crippen LogP contribution in [0.5, 0.6) is 0 Å². The molecule has 3 aromatic carbocycles. The highest BCUT2D eigenvalue weighted by Crippen LogP contribution is 2.42. The van der Waals surface area contributed by atoms with Gasteiger partial charge in [0.25, 0.3) is 0 Å². The molecule has 184 valence electrons. The molecule has 0 fully saturated rings. The van der Waals surface area contributed by atoms with Crippen molar-refractivity contribution in [2.75, 3.05) is 17.2 Å². The minimum Gasteiger partial charge on any atom is -0.380 e. The van der Waals surface area contributed by atoms with Gasteiger partial charge in [-0.25, -0.2) is 9.97 Å². The normalized spacial score (nSPS) is 14.0. The van der Waals surface area contributed by atoms with Crippen molar-refractivity contribution in [2.45, 2.75) is 19.3 Å². The van der Waals surface area contributed by atoms with Gasteiger partial charge in [0.15, 0.2) is 5.82 Å². The highest BCUT2D eigenvalue weighted by atomic mass is 19.4. The second kappa shape index (κ2) is 8.54. The number of hydrogen-bond acceptors (Lipinski definition) is 4. The van der Waals surface area contributed by atoms with Crippen LogP contribution >= 0.6 is 0 Å². The highest BCUT2D eigenvalue weighted by molar-refractivity contribution is 5.97. The van der Waals surface area contributed by atoms with Crippen molar-refractivity contribution in [1.29, 1.82) is 0 Å². The van der Waals surface area contributed by atoms with Gasteiger partial charge in [0.2, 0.25) is 0 Å². The molecule has 0 saturated carbocycles. The fourth-order valence-electron chi connectivity index (χ4n) is 4.24. The molecule has 1 aliphatic heterocycles. The number of fused-ring (bicyclic) bond motifs is 2. The molecular formula is C26H18F6N4. The summed E-state index contributed by atoms with van der Waals surface area (Å²) in [6.07, 6.45) is -9.19. The number of anilines is 2. The van der Waals surface area contributed by atoms with Gasteiger partial charge in [-0.05, 0) is 36.8 Å². The van der Waals surface area contributed by atoms with E-state index in [1.165, 1.54) is 24.3 Å². The number of halogens is 6. The molecule has 0 amide bonds. The maximum absolute atomic E-state index is 13.7. The molecule has 4 aromatic rings. The molecule has 1 aliphatic rings. The number of hydrogen-bond donors (Lipinski definition) is 2. The van der Waals surface area contributed by atoms with Gasteiger partial charge in [-0.15, -0.1) is 0 Å². The first-order valence-electron chi connectivity index (χ1n) is 10.9. The monoisotopic (exact) mass is 500 g/mol. The molecule has 0 atom stereocenters. The molecule has 0 radical (unpaired) electrons. The summed E-state index contributed by atoms with van der Waals surface area (Å²) in [6, 6.07) is 15.6. The third-order valence-corrected chi connectivity index (χ3v) is 5.92. The van der Waals surface area contributed by atoms with Crippen LogP contribution in [0, 0.1) is 0 Å². The number of benzene rings is 3. The first-order chi connectivity index (χ1) is 17.0. The van der Waals surface area contributed by atoms with Gasteiger partial charge in [0.1, 0.15) is 5.82 Å². The Morgan fingerprint density at radius 3 is 2.14 bits per heavy atom. The lowest BCUT2D eigenvalue weighted by molar-refractivity contribution is -0.137. The van der Waals surface area contributed by atoms with Crippen molar-refractivity contribution in [3.8, 4) is 11.4 Å². The number of nitrogens with zero attached hydrogens (tertiary/aromatic N) is 2. The Hall–Kier alpha value is -4.08. The smallest absolute Gasteiger partial charge is 0.380 e. The van der Waals surface area contributed by atoms with E-state index >= 15 is 0 Å². The maximum Gasteiger partial charge on any atom is 0.418 e. The SMILES string of the molecule is CC1=C(Nc2nc(-c3ccccc3C(F)(F)F)nc3ccccc23)c2cccc(C(F)(F)F)c2NC1. The van der Waals surface area contributed by atoms with E-state index in [2.05, 4.69) is 20.6 Å². The lowest BCUT2D eigenvalue weighted by atomic mass is 9.97. The molecule has 1 aromatic heterocycles. The lowest BCUT2D eigenvalue weighted by Gasteiger charge is -2.27. The molecule has 36 heavy (non-hydrogen) atoms. The fourth-order valence-corrected chi connectivity index (χ4v) is 4.24. The van der Waals surface area contributed by atoms with E-state index in [0.29, 0.717) is 22.2 Å². The third-order valence-electron chi connectivity index (χ3n) is 5.92. The third kappa shape index (κ3) is 4.23. The van der Waals surface area contributed by atoms with Crippen LogP contribution in [-0.2, 0) is 12.4 Å². The summed E-state index contributed by atoms with van der Waals surface area (Å²) >= 11 is 0. The zero-order chi connectivity index (χ0) is 25.7. The van der Waals surface area contributed by atoms with Crippen molar-refractivity contribution in [2.24, 2.45) is 0 Å². The van der Waals surface area contributed by atoms with Gasteiger partial charge < -0.3 is 10.6 Å². The Morgan fingerprint density at radius 2 is 1.39 bits per heavy atom. The predicted octanol–water partition coefficient (Wildman–Crippen LogP) is 7.60. The van der Waals surface area contributed by atoms with Crippen molar-refractivity contribution >= 4 is 28.1 Å². The van der Waals surface area contributed by atoms with Crippen LogP contribution < -0.4 is 10.6 Å². The second-order valence-electron chi connectivity index (χ2n) is 8.32. The van der Waals surface area contributed by atoms with E-state index in [4.69, 9.17) is 0 Å². The summed E-state index contributed by atoms with van der Waals surface area (Å²) in [4.78, 5) is 8.77. The topological polar surface area (TPSA) is 49.8 Å². The maximum atomic E-state index is 13.7. The predicted molar refractivity (Wildman–Crippen MR) is 126 cm³/mol. The molecule has 0 saturated heterocycles. The van der Waals surface area contributed by atoms with Gasteiger partial charge in [-0.2, -0.15) is 26.3 Å². The zero-order valence-corrected chi connectivity index (χ0v) is 18.7. The molecule has 4 nitrogen and oxygen atoms in total. The largest absolute Gasteiger partial charge is 0.418 e. The Bertz CT molecular complexity index is 1500. The molecule has 2 N–H and O–H groups in total. The van der Waals surface area contributed by atoms with E-state index < -0.39 is 23.5 Å². The summed E-state index contributed by atoms with van der Waals surface area (Å²) in [7, 11) is 0. The summed E-state index contributed by atoms with van der Waals surface area (Å²) in [6.45, 7) is 1.90. The standard InChI is InChI=1S/C26H18F6N4/c1-14-13-33-22-17(9-6-11-19(22)26(30,31)32)21(14)35-24-16-8-3-5-12-20(16)34-23(36-24)15-7-2-4-10-18(15)25(27,28)29/h2-12,33H,13H2,1H3,(H,34,35,36). The number of alkyl halides is 6. The zero-order valence-electron chi connectivity index (χ0n) is 18.7. The average molecular weight is 500 g/mol. The van der Waals surface area contributed by atoms with E-state index in [9.17, 15) is 26.3 Å². The van der Waals surface area contributed by atoms with E-state index in [1.807, 2.05) is 0 Å². The van der Waals surface area contributed by atoms with Crippen LogP contribution in [0.4, 0.5) is 37.8 Å². The fraction of sp³-hybridized carbons (Fsp3) is 0.154. The Morgan fingerprint density at radius 1 is 0.750 bits per heavy atom. The van der Waals surface area contributed by atoms with Crippen LogP contribution in [0.3, 0.4) is 0 Å². The lowest BCUT2D eigenvalue weighted by Crippen LogP contribution is -2.21. The molecule has 0 bridgehead atoms. The van der Waals surface area contributed by atoms with Gasteiger partial charge in [-0.1, -0.05) is 42.5 Å². The van der Waals surface area contributed by atoms with Crippen molar-refractivity contribution in [1.82, 2.24) is 9.97 Å². The minimum atomic E-state index is -4.62. The van der Waals surface area contributed by atoms with E-state index in [1.54, 1.807) is 37.3 Å². The Balaban J connectivity index is 1.68. The number of nitrogens with one attached hydrogen (secondary N) is 2. The average Bonchev–Trinajstić information content (AvgIpc) is 2.84. The van der Waals surface area contributed by atoms with Crippen LogP contribution in [0.15, 0.2) is 72.3 Å². The molecule has 0 aliphatic carbocycles. The summed E-state index contributed by atoms with van der Waals surface area (Å²) in [5.74, 6) is 0.0350. The Labute approximate surface area is 201 Å². The van der Waals surface area contributed by atoms with Gasteiger partial charge in [-0.3, -0.25) is 0 Å². The summed E-state index contributed by atoms with van der Waals surface area (Å²) in [5, 5.41) is 6.46. The second-order valence-corrected chi connectivity index (χ2v) is 8.32. The first kappa shape index (κ1) is 23.7. The Kier molecular flexibility index (Phi) is 5.61. The van der Waals surface area contributed by atoms with Crippen LogP contribution in [0.1, 0.15) is 23.6 Å². The number of rotatable bonds is 3. The molecule has 0 unspecified atom stereocenters. The van der Waals surface area contributed by atoms with Crippen LogP contribution in [0.2, 0.25) is 0 Å². The first-order valence-corrected chi connectivity index (χ1v) is 10.9. The van der Waals surface area contributed by atoms with Crippen LogP contribution in [-0.4, -0.2) is 16.5 Å². The number of para-hydroxylation sites is 2. The molecule has 0 spiro atoms. The van der Waals surface area contributed by atoms with Gasteiger partial charge in [0, 0.05) is 28.8 Å². The van der Waals surface area contributed by atoms with E-state index in [0.717, 1.165) is 12.1 Å². The van der Waals surface area contributed by atoms with Crippen LogP contribution in [0.25, 0.3) is 28.0 Å².